The molecule has 0 spiro atoms. The molecule has 1 heterocycles. The Morgan fingerprint density at radius 2 is 2.00 bits per heavy atom. The van der Waals surface area contributed by atoms with E-state index in [0.717, 1.165) is 15.4 Å². The lowest BCUT2D eigenvalue weighted by Crippen LogP contribution is -2.38. The molecule has 2 aromatic rings. The fraction of sp³-hybridized carbons (Fsp3) is 0.375. The first-order chi connectivity index (χ1) is 11.2. The zero-order valence-electron chi connectivity index (χ0n) is 14.3. The minimum absolute atomic E-state index is 0.122. The predicted molar refractivity (Wildman–Crippen MR) is 90.9 cm³/mol. The van der Waals surface area contributed by atoms with Gasteiger partial charge in [-0.1, -0.05) is 29.8 Å². The fourth-order valence-corrected chi connectivity index (χ4v) is 3.89. The van der Waals surface area contributed by atoms with Crippen molar-refractivity contribution in [2.24, 2.45) is 0 Å². The first-order valence-electron chi connectivity index (χ1n) is 7.52. The van der Waals surface area contributed by atoms with Gasteiger partial charge in [0, 0.05) is 13.6 Å². The van der Waals surface area contributed by atoms with Crippen molar-refractivity contribution in [3.63, 3.8) is 0 Å². The van der Waals surface area contributed by atoms with Gasteiger partial charge >= 0.3 is 0 Å². The topological polar surface area (TPSA) is 95.2 Å². The Balaban J connectivity index is 2.01. The van der Waals surface area contributed by atoms with Crippen LogP contribution in [0.1, 0.15) is 22.5 Å². The molecule has 0 aliphatic rings. The molecule has 0 unspecified atom stereocenters. The second-order valence-electron chi connectivity index (χ2n) is 5.79. The maximum Gasteiger partial charge on any atom is 0.246 e. The van der Waals surface area contributed by atoms with Gasteiger partial charge in [-0.05, 0) is 26.3 Å². The van der Waals surface area contributed by atoms with Crippen LogP contribution < -0.4 is 5.32 Å². The van der Waals surface area contributed by atoms with Crippen molar-refractivity contribution in [3.8, 4) is 0 Å². The van der Waals surface area contributed by atoms with Gasteiger partial charge in [-0.15, -0.1) is 0 Å². The molecule has 1 amide bonds. The van der Waals surface area contributed by atoms with Crippen LogP contribution in [0.15, 0.2) is 29.2 Å². The molecule has 0 aliphatic carbocycles. The molecular formula is C16H22N4O3S. The number of sulfonamides is 1. The second kappa shape index (κ2) is 7.14. The van der Waals surface area contributed by atoms with Gasteiger partial charge in [-0.2, -0.15) is 9.40 Å². The molecule has 1 aromatic carbocycles. The Bertz CT molecular complexity index is 823. The number of likely N-dealkylation sites (N-methyl/N-ethyl adjacent to an activating group) is 1. The highest BCUT2D eigenvalue weighted by Gasteiger charge is 2.28. The van der Waals surface area contributed by atoms with E-state index in [-0.39, 0.29) is 17.3 Å². The number of hydrogen-bond donors (Lipinski definition) is 2. The molecule has 2 rings (SSSR count). The molecule has 2 N–H and O–H groups in total. The van der Waals surface area contributed by atoms with E-state index in [2.05, 4.69) is 15.5 Å². The van der Waals surface area contributed by atoms with E-state index in [4.69, 9.17) is 0 Å². The quantitative estimate of drug-likeness (QED) is 0.820. The summed E-state index contributed by atoms with van der Waals surface area (Å²) in [5.74, 6) is -0.360. The second-order valence-corrected chi connectivity index (χ2v) is 7.77. The van der Waals surface area contributed by atoms with Crippen LogP contribution in [-0.2, 0) is 21.4 Å². The van der Waals surface area contributed by atoms with Gasteiger partial charge in [-0.25, -0.2) is 8.42 Å². The molecule has 0 radical (unpaired) electrons. The van der Waals surface area contributed by atoms with Crippen molar-refractivity contribution in [3.05, 3.63) is 46.8 Å². The van der Waals surface area contributed by atoms with E-state index in [1.165, 1.54) is 7.05 Å². The highest BCUT2D eigenvalue weighted by atomic mass is 32.2. The number of benzene rings is 1. The molecule has 130 valence electrons. The Hall–Kier alpha value is -2.19. The number of amides is 1. The fourth-order valence-electron chi connectivity index (χ4n) is 2.44. The number of aromatic nitrogens is 2. The van der Waals surface area contributed by atoms with Crippen molar-refractivity contribution in [1.82, 2.24) is 19.8 Å². The van der Waals surface area contributed by atoms with Crippen LogP contribution in [0.5, 0.6) is 0 Å². The van der Waals surface area contributed by atoms with E-state index in [0.29, 0.717) is 17.9 Å². The van der Waals surface area contributed by atoms with Crippen LogP contribution in [-0.4, -0.2) is 42.4 Å². The summed E-state index contributed by atoms with van der Waals surface area (Å²) in [5, 5.41) is 9.28. The third kappa shape index (κ3) is 4.01. The van der Waals surface area contributed by atoms with E-state index in [1.807, 2.05) is 31.2 Å². The van der Waals surface area contributed by atoms with Gasteiger partial charge in [-0.3, -0.25) is 9.89 Å². The van der Waals surface area contributed by atoms with Gasteiger partial charge in [0.1, 0.15) is 4.90 Å². The Kier molecular flexibility index (Phi) is 5.40. The van der Waals surface area contributed by atoms with Gasteiger partial charge in [0.2, 0.25) is 15.9 Å². The van der Waals surface area contributed by atoms with Crippen LogP contribution in [0.2, 0.25) is 0 Å². The number of carbonyl (C=O) groups excluding carboxylic acids is 1. The normalized spacial score (nSPS) is 11.7. The van der Waals surface area contributed by atoms with E-state index in [9.17, 15) is 13.2 Å². The number of nitrogens with one attached hydrogen (secondary N) is 2. The third-order valence-corrected chi connectivity index (χ3v) is 5.73. The lowest BCUT2D eigenvalue weighted by Gasteiger charge is -2.17. The molecule has 0 atom stereocenters. The predicted octanol–water partition coefficient (Wildman–Crippen LogP) is 1.27. The zero-order chi connectivity index (χ0) is 17.9. The molecule has 24 heavy (non-hydrogen) atoms. The van der Waals surface area contributed by atoms with Crippen LogP contribution >= 0.6 is 0 Å². The summed E-state index contributed by atoms with van der Waals surface area (Å²) in [6.07, 6.45) is 0. The highest BCUT2D eigenvalue weighted by molar-refractivity contribution is 7.89. The first-order valence-corrected chi connectivity index (χ1v) is 8.96. The number of hydrogen-bond acceptors (Lipinski definition) is 4. The number of aryl methyl sites for hydroxylation is 3. The summed E-state index contributed by atoms with van der Waals surface area (Å²) in [6.45, 7) is 5.33. The standard InChI is InChI=1S/C16H22N4O3S/c1-11-6-5-7-14(8-11)9-17-15(21)10-20(4)24(22,23)16-12(2)18-19-13(16)3/h5-8H,9-10H2,1-4H3,(H,17,21)(H,18,19). The van der Waals surface area contributed by atoms with Gasteiger partial charge < -0.3 is 5.32 Å². The van der Waals surface area contributed by atoms with Crippen LogP contribution in [0.3, 0.4) is 0 Å². The highest BCUT2D eigenvalue weighted by Crippen LogP contribution is 2.20. The van der Waals surface area contributed by atoms with E-state index < -0.39 is 10.0 Å². The van der Waals surface area contributed by atoms with Gasteiger partial charge in [0.05, 0.1) is 17.9 Å². The Labute approximate surface area is 142 Å². The smallest absolute Gasteiger partial charge is 0.246 e. The summed E-state index contributed by atoms with van der Waals surface area (Å²) in [4.78, 5) is 12.2. The monoisotopic (exact) mass is 350 g/mol. The number of aromatic amines is 1. The number of carbonyl (C=O) groups is 1. The number of H-pyrrole nitrogens is 1. The van der Waals surface area contributed by atoms with Crippen LogP contribution in [0, 0.1) is 20.8 Å². The summed E-state index contributed by atoms with van der Waals surface area (Å²) >= 11 is 0. The average Bonchev–Trinajstić information content (AvgIpc) is 2.84. The number of nitrogens with zero attached hydrogens (tertiary/aromatic N) is 2. The molecule has 7 nitrogen and oxygen atoms in total. The maximum absolute atomic E-state index is 12.6. The summed E-state index contributed by atoms with van der Waals surface area (Å²) in [7, 11) is -2.38. The molecule has 0 aliphatic heterocycles. The zero-order valence-corrected chi connectivity index (χ0v) is 15.1. The lowest BCUT2D eigenvalue weighted by atomic mass is 10.1. The number of rotatable bonds is 6. The molecule has 1 aromatic heterocycles. The van der Waals surface area contributed by atoms with Crippen molar-refractivity contribution in [2.45, 2.75) is 32.2 Å². The molecular weight excluding hydrogens is 328 g/mol. The summed E-state index contributed by atoms with van der Waals surface area (Å²) < 4.78 is 26.2. The SMILES string of the molecule is Cc1cccc(CNC(=O)CN(C)S(=O)(=O)c2c(C)n[nH]c2C)c1. The van der Waals surface area contributed by atoms with E-state index >= 15 is 0 Å². The molecule has 0 bridgehead atoms. The Morgan fingerprint density at radius 1 is 1.29 bits per heavy atom. The van der Waals surface area contributed by atoms with E-state index in [1.54, 1.807) is 13.8 Å². The lowest BCUT2D eigenvalue weighted by molar-refractivity contribution is -0.121. The largest absolute Gasteiger partial charge is 0.351 e. The first kappa shape index (κ1) is 18.2. The van der Waals surface area contributed by atoms with Gasteiger partial charge in [0.25, 0.3) is 0 Å². The minimum atomic E-state index is -3.76. The molecule has 0 saturated heterocycles. The maximum atomic E-state index is 12.6. The van der Waals surface area contributed by atoms with Crippen molar-refractivity contribution in [2.75, 3.05) is 13.6 Å². The summed E-state index contributed by atoms with van der Waals surface area (Å²) in [5.41, 5.74) is 2.92. The van der Waals surface area contributed by atoms with Crippen molar-refractivity contribution < 1.29 is 13.2 Å². The Morgan fingerprint density at radius 3 is 2.58 bits per heavy atom. The van der Waals surface area contributed by atoms with Gasteiger partial charge in [0.15, 0.2) is 0 Å². The molecule has 0 saturated carbocycles. The molecule has 8 heteroatoms. The summed E-state index contributed by atoms with van der Waals surface area (Å²) in [6, 6.07) is 7.77. The third-order valence-electron chi connectivity index (χ3n) is 3.67. The average molecular weight is 350 g/mol. The van der Waals surface area contributed by atoms with Crippen LogP contribution in [0.25, 0.3) is 0 Å². The molecule has 0 fully saturated rings. The van der Waals surface area contributed by atoms with Crippen molar-refractivity contribution in [1.29, 1.82) is 0 Å². The van der Waals surface area contributed by atoms with Crippen molar-refractivity contribution >= 4 is 15.9 Å². The minimum Gasteiger partial charge on any atom is -0.351 e. The van der Waals surface area contributed by atoms with Crippen LogP contribution in [0.4, 0.5) is 0 Å².